The van der Waals surface area contributed by atoms with Crippen LogP contribution in [0.15, 0.2) is 0 Å². The Morgan fingerprint density at radius 2 is 1.85 bits per heavy atom. The average molecular weight is 185 g/mol. The number of carbonyl (C=O) groups excluding carboxylic acids is 1. The minimum Gasteiger partial charge on any atom is -0.300 e. The molecule has 0 bridgehead atoms. The van der Waals surface area contributed by atoms with Crippen molar-refractivity contribution < 1.29 is 4.79 Å². The smallest absolute Gasteiger partial charge is 0.131 e. The van der Waals surface area contributed by atoms with Crippen LogP contribution in [0.2, 0.25) is 0 Å². The Kier molecular flexibility index (Phi) is 5.97. The topological polar surface area (TPSA) is 20.3 Å². The van der Waals surface area contributed by atoms with E-state index in [4.69, 9.17) is 0 Å². The van der Waals surface area contributed by atoms with Gasteiger partial charge < -0.3 is 0 Å². The number of rotatable bonds is 6. The molecule has 0 aromatic carbocycles. The lowest BCUT2D eigenvalue weighted by Gasteiger charge is -2.31. The number of carbonyl (C=O) groups is 1. The molecule has 0 aliphatic rings. The summed E-state index contributed by atoms with van der Waals surface area (Å²) in [5, 5.41) is 0. The van der Waals surface area contributed by atoms with E-state index in [0.29, 0.717) is 18.5 Å². The average Bonchev–Trinajstić information content (AvgIpc) is 1.97. The van der Waals surface area contributed by atoms with Gasteiger partial charge in [0.1, 0.15) is 5.78 Å². The van der Waals surface area contributed by atoms with Crippen molar-refractivity contribution in [3.63, 3.8) is 0 Å². The molecule has 0 aromatic rings. The second-order valence-corrected chi connectivity index (χ2v) is 4.09. The largest absolute Gasteiger partial charge is 0.300 e. The van der Waals surface area contributed by atoms with E-state index in [1.807, 2.05) is 0 Å². The Bertz CT molecular complexity index is 154. The summed E-state index contributed by atoms with van der Waals surface area (Å²) < 4.78 is 0. The first-order valence-corrected chi connectivity index (χ1v) is 5.24. The van der Waals surface area contributed by atoms with E-state index in [-0.39, 0.29) is 5.78 Å². The highest BCUT2D eigenvalue weighted by Gasteiger charge is 2.16. The Labute approximate surface area is 82.3 Å². The predicted octanol–water partition coefficient (Wildman–Crippen LogP) is 2.47. The van der Waals surface area contributed by atoms with Crippen LogP contribution in [0.5, 0.6) is 0 Å². The third-order valence-electron chi connectivity index (χ3n) is 2.29. The molecule has 2 heteroatoms. The van der Waals surface area contributed by atoms with E-state index >= 15 is 0 Å². The number of nitrogens with zero attached hydrogens (tertiary/aromatic N) is 1. The van der Waals surface area contributed by atoms with Crippen LogP contribution in [0.4, 0.5) is 0 Å². The fraction of sp³-hybridized carbons (Fsp3) is 0.909. The summed E-state index contributed by atoms with van der Waals surface area (Å²) in [6.45, 7) is 11.4. The van der Waals surface area contributed by atoms with E-state index in [0.717, 1.165) is 13.0 Å². The zero-order valence-corrected chi connectivity index (χ0v) is 9.63. The maximum atomic E-state index is 11.0. The summed E-state index contributed by atoms with van der Waals surface area (Å²) in [7, 11) is 0. The fourth-order valence-corrected chi connectivity index (χ4v) is 1.78. The van der Waals surface area contributed by atoms with Crippen LogP contribution >= 0.6 is 0 Å². The Morgan fingerprint density at radius 1 is 1.31 bits per heavy atom. The van der Waals surface area contributed by atoms with Crippen molar-refractivity contribution in [2.45, 2.75) is 59.5 Å². The first-order valence-electron chi connectivity index (χ1n) is 5.24. The molecule has 0 aromatic heterocycles. The van der Waals surface area contributed by atoms with Crippen LogP contribution in [0.1, 0.15) is 47.5 Å². The summed E-state index contributed by atoms with van der Waals surface area (Å²) in [5.74, 6) is 0.286. The van der Waals surface area contributed by atoms with Gasteiger partial charge in [-0.2, -0.15) is 0 Å². The van der Waals surface area contributed by atoms with Crippen LogP contribution in [-0.4, -0.2) is 29.3 Å². The molecule has 0 saturated carbocycles. The van der Waals surface area contributed by atoms with Crippen LogP contribution < -0.4 is 0 Å². The van der Waals surface area contributed by atoms with Gasteiger partial charge in [0.2, 0.25) is 0 Å². The highest BCUT2D eigenvalue weighted by Crippen LogP contribution is 2.09. The van der Waals surface area contributed by atoms with Gasteiger partial charge in [-0.25, -0.2) is 0 Å². The Balaban J connectivity index is 4.10. The minimum absolute atomic E-state index is 0.286. The van der Waals surface area contributed by atoms with Gasteiger partial charge in [0.15, 0.2) is 0 Å². The lowest BCUT2D eigenvalue weighted by Crippen LogP contribution is -2.40. The minimum atomic E-state index is 0.286. The summed E-state index contributed by atoms with van der Waals surface area (Å²) in [4.78, 5) is 13.3. The first-order chi connectivity index (χ1) is 5.99. The second-order valence-electron chi connectivity index (χ2n) is 4.09. The molecule has 1 atom stereocenters. The number of hydrogen-bond donors (Lipinski definition) is 0. The lowest BCUT2D eigenvalue weighted by molar-refractivity contribution is -0.118. The van der Waals surface area contributed by atoms with Crippen LogP contribution in [0, 0.1) is 0 Å². The van der Waals surface area contributed by atoms with Crippen LogP contribution in [-0.2, 0) is 4.79 Å². The summed E-state index contributed by atoms with van der Waals surface area (Å²) >= 11 is 0. The van der Waals surface area contributed by atoms with Crippen molar-refractivity contribution in [1.82, 2.24) is 4.90 Å². The number of ketones is 1. The molecule has 0 spiro atoms. The van der Waals surface area contributed by atoms with Crippen molar-refractivity contribution >= 4 is 5.78 Å². The summed E-state index contributed by atoms with van der Waals surface area (Å²) in [6.07, 6.45) is 1.83. The standard InChI is InChI=1S/C11H23NO/c1-6-7-12(9(2)3)10(4)8-11(5)13/h9-10H,6-8H2,1-5H3. The fourth-order valence-electron chi connectivity index (χ4n) is 1.78. The van der Waals surface area contributed by atoms with Crippen LogP contribution in [0.3, 0.4) is 0 Å². The molecule has 0 saturated heterocycles. The Morgan fingerprint density at radius 3 is 2.15 bits per heavy atom. The normalized spacial score (nSPS) is 13.8. The molecular weight excluding hydrogens is 162 g/mol. The molecule has 78 valence electrons. The van der Waals surface area contributed by atoms with Gasteiger partial charge in [0.05, 0.1) is 0 Å². The van der Waals surface area contributed by atoms with E-state index < -0.39 is 0 Å². The highest BCUT2D eigenvalue weighted by molar-refractivity contribution is 5.76. The third kappa shape index (κ3) is 5.04. The lowest BCUT2D eigenvalue weighted by atomic mass is 10.1. The molecule has 0 amide bonds. The van der Waals surface area contributed by atoms with E-state index in [2.05, 4.69) is 32.6 Å². The van der Waals surface area contributed by atoms with Crippen LogP contribution in [0.25, 0.3) is 0 Å². The van der Waals surface area contributed by atoms with Crippen molar-refractivity contribution in [2.75, 3.05) is 6.54 Å². The van der Waals surface area contributed by atoms with Crippen molar-refractivity contribution in [3.05, 3.63) is 0 Å². The van der Waals surface area contributed by atoms with E-state index in [1.165, 1.54) is 0 Å². The van der Waals surface area contributed by atoms with E-state index in [1.54, 1.807) is 6.92 Å². The molecule has 0 radical (unpaired) electrons. The van der Waals surface area contributed by atoms with E-state index in [9.17, 15) is 4.79 Å². The van der Waals surface area contributed by atoms with Gasteiger partial charge in [-0.3, -0.25) is 9.69 Å². The van der Waals surface area contributed by atoms with Crippen molar-refractivity contribution in [2.24, 2.45) is 0 Å². The molecule has 0 rings (SSSR count). The molecule has 0 N–H and O–H groups in total. The molecule has 13 heavy (non-hydrogen) atoms. The van der Waals surface area contributed by atoms with Gasteiger partial charge in [-0.1, -0.05) is 6.92 Å². The number of hydrogen-bond acceptors (Lipinski definition) is 2. The molecule has 0 aliphatic heterocycles. The van der Waals surface area contributed by atoms with Crippen molar-refractivity contribution in [3.8, 4) is 0 Å². The quantitative estimate of drug-likeness (QED) is 0.633. The van der Waals surface area contributed by atoms with Gasteiger partial charge in [-0.05, 0) is 40.7 Å². The first kappa shape index (κ1) is 12.6. The monoisotopic (exact) mass is 185 g/mol. The molecular formula is C11H23NO. The van der Waals surface area contributed by atoms with Crippen molar-refractivity contribution in [1.29, 1.82) is 0 Å². The third-order valence-corrected chi connectivity index (χ3v) is 2.29. The Hall–Kier alpha value is -0.370. The summed E-state index contributed by atoms with van der Waals surface area (Å²) in [6, 6.07) is 0.923. The van der Waals surface area contributed by atoms with Gasteiger partial charge in [0, 0.05) is 18.5 Å². The maximum absolute atomic E-state index is 11.0. The predicted molar refractivity (Wildman–Crippen MR) is 56.9 cm³/mol. The molecule has 0 heterocycles. The number of Topliss-reactive ketones (excluding diaryl/α,β-unsaturated/α-hetero) is 1. The molecule has 0 fully saturated rings. The summed E-state index contributed by atoms with van der Waals surface area (Å²) in [5.41, 5.74) is 0. The zero-order valence-electron chi connectivity index (χ0n) is 9.63. The SMILES string of the molecule is CCCN(C(C)C)C(C)CC(C)=O. The van der Waals surface area contributed by atoms with Gasteiger partial charge in [-0.15, -0.1) is 0 Å². The second kappa shape index (κ2) is 6.14. The molecule has 1 unspecified atom stereocenters. The molecule has 2 nitrogen and oxygen atoms in total. The zero-order chi connectivity index (χ0) is 10.4. The van der Waals surface area contributed by atoms with Gasteiger partial charge in [0.25, 0.3) is 0 Å². The highest BCUT2D eigenvalue weighted by atomic mass is 16.1. The van der Waals surface area contributed by atoms with Gasteiger partial charge >= 0.3 is 0 Å². The maximum Gasteiger partial charge on any atom is 0.131 e. The molecule has 0 aliphatic carbocycles.